The highest BCUT2D eigenvalue weighted by molar-refractivity contribution is 6.10. The molecule has 10 nitrogen and oxygen atoms in total. The van der Waals surface area contributed by atoms with Crippen LogP contribution in [0.2, 0.25) is 0 Å². The molecule has 4 aliphatic rings. The molecule has 0 unspecified atom stereocenters. The Hall–Kier alpha value is -4.04. The Morgan fingerprint density at radius 1 is 1.07 bits per heavy atom. The van der Waals surface area contributed by atoms with Gasteiger partial charge in [-0.25, -0.2) is 9.37 Å². The Morgan fingerprint density at radius 3 is 2.57 bits per heavy atom. The van der Waals surface area contributed by atoms with Crippen molar-refractivity contribution < 1.29 is 31.9 Å². The lowest BCUT2D eigenvalue weighted by Gasteiger charge is -2.47. The first-order valence-corrected chi connectivity index (χ1v) is 15.4. The number of halogens is 4. The van der Waals surface area contributed by atoms with Gasteiger partial charge < -0.3 is 14.7 Å². The van der Waals surface area contributed by atoms with E-state index in [1.807, 2.05) is 4.90 Å². The molecular formula is C32H37F4N7O3. The number of hydrogen-bond donors (Lipinski definition) is 0. The molecule has 1 aromatic carbocycles. The first kappa shape index (κ1) is 31.9. The van der Waals surface area contributed by atoms with E-state index in [-0.39, 0.29) is 42.1 Å². The van der Waals surface area contributed by atoms with Crippen molar-refractivity contribution in [1.29, 1.82) is 0 Å². The number of benzene rings is 1. The van der Waals surface area contributed by atoms with Gasteiger partial charge in [0.15, 0.2) is 0 Å². The molecule has 3 atom stereocenters. The van der Waals surface area contributed by atoms with Gasteiger partial charge in [0.25, 0.3) is 0 Å². The molecule has 246 valence electrons. The first-order chi connectivity index (χ1) is 21.8. The molecule has 3 saturated heterocycles. The third-order valence-electron chi connectivity index (χ3n) is 9.58. The quantitative estimate of drug-likeness (QED) is 0.366. The molecule has 4 aliphatic heterocycles. The third-order valence-corrected chi connectivity index (χ3v) is 9.58. The van der Waals surface area contributed by atoms with Crippen molar-refractivity contribution in [3.63, 3.8) is 0 Å². The molecule has 2 aromatic rings. The number of carbonyl (C=O) groups excluding carboxylic acids is 3. The average molecular weight is 644 g/mol. The topological polar surface area (TPSA) is 83.5 Å². The van der Waals surface area contributed by atoms with E-state index in [1.54, 1.807) is 11.0 Å². The van der Waals surface area contributed by atoms with Gasteiger partial charge >= 0.3 is 6.18 Å². The highest BCUT2D eigenvalue weighted by atomic mass is 19.4. The number of likely N-dealkylation sites (N-methyl/N-ethyl adjacent to an activating group) is 1. The molecule has 3 fully saturated rings. The number of piperazine rings is 2. The number of alkyl halides is 3. The summed E-state index contributed by atoms with van der Waals surface area (Å²) in [5.41, 5.74) is -0.333. The van der Waals surface area contributed by atoms with Crippen LogP contribution in [0.3, 0.4) is 0 Å². The molecule has 46 heavy (non-hydrogen) atoms. The zero-order valence-electron chi connectivity index (χ0n) is 25.8. The van der Waals surface area contributed by atoms with E-state index in [9.17, 15) is 27.6 Å². The average Bonchev–Trinajstić information content (AvgIpc) is 3.35. The van der Waals surface area contributed by atoms with Gasteiger partial charge in [-0.3, -0.25) is 29.1 Å². The normalized spacial score (nSPS) is 24.3. The highest BCUT2D eigenvalue weighted by Crippen LogP contribution is 2.41. The fourth-order valence-electron chi connectivity index (χ4n) is 7.28. The summed E-state index contributed by atoms with van der Waals surface area (Å²) in [6.45, 7) is 10.5. The zero-order chi connectivity index (χ0) is 32.9. The molecule has 0 radical (unpaired) electrons. The predicted molar refractivity (Wildman–Crippen MR) is 164 cm³/mol. The van der Waals surface area contributed by atoms with E-state index in [0.717, 1.165) is 43.2 Å². The van der Waals surface area contributed by atoms with Gasteiger partial charge in [0.2, 0.25) is 17.7 Å². The van der Waals surface area contributed by atoms with Gasteiger partial charge in [0, 0.05) is 90.0 Å². The number of rotatable bonds is 5. The molecule has 3 amide bonds. The lowest BCUT2D eigenvalue weighted by atomic mass is 9.95. The van der Waals surface area contributed by atoms with Crippen molar-refractivity contribution in [2.75, 3.05) is 80.7 Å². The number of fused-ring (bicyclic) bond motifs is 3. The highest BCUT2D eigenvalue weighted by Gasteiger charge is 2.49. The number of aryl methyl sites for hydroxylation is 1. The summed E-state index contributed by atoms with van der Waals surface area (Å²) < 4.78 is 56.7. The van der Waals surface area contributed by atoms with Crippen LogP contribution in [0.1, 0.15) is 17.7 Å². The van der Waals surface area contributed by atoms with Gasteiger partial charge in [-0.05, 0) is 37.3 Å². The van der Waals surface area contributed by atoms with E-state index in [0.29, 0.717) is 31.9 Å². The summed E-state index contributed by atoms with van der Waals surface area (Å²) in [5.74, 6) is -2.49. The van der Waals surface area contributed by atoms with Crippen LogP contribution in [0, 0.1) is 18.7 Å². The van der Waals surface area contributed by atoms with Crippen LogP contribution in [0.4, 0.5) is 34.8 Å². The van der Waals surface area contributed by atoms with Crippen LogP contribution in [-0.4, -0.2) is 115 Å². The largest absolute Gasteiger partial charge is 0.416 e. The number of anilines is 3. The van der Waals surface area contributed by atoms with E-state index in [1.165, 1.54) is 37.1 Å². The Balaban J connectivity index is 1.28. The lowest BCUT2D eigenvalue weighted by Crippen LogP contribution is -2.63. The Bertz CT molecular complexity index is 1550. The van der Waals surface area contributed by atoms with Crippen LogP contribution in [0.5, 0.6) is 0 Å². The van der Waals surface area contributed by atoms with Crippen LogP contribution in [0.25, 0.3) is 0 Å². The molecule has 5 heterocycles. The monoisotopic (exact) mass is 643 g/mol. The molecule has 0 saturated carbocycles. The van der Waals surface area contributed by atoms with Gasteiger partial charge in [0.05, 0.1) is 16.9 Å². The van der Waals surface area contributed by atoms with Crippen molar-refractivity contribution in [3.05, 3.63) is 60.1 Å². The lowest BCUT2D eigenvalue weighted by molar-refractivity contribution is -0.137. The minimum Gasteiger partial charge on any atom is -0.366 e. The van der Waals surface area contributed by atoms with E-state index >= 15 is 4.39 Å². The van der Waals surface area contributed by atoms with Crippen molar-refractivity contribution in [3.8, 4) is 0 Å². The van der Waals surface area contributed by atoms with Crippen molar-refractivity contribution in [2.24, 2.45) is 5.92 Å². The number of nitrogens with zero attached hydrogens (tertiary/aromatic N) is 7. The minimum absolute atomic E-state index is 0.0665. The fourth-order valence-corrected chi connectivity index (χ4v) is 7.28. The number of amides is 3. The predicted octanol–water partition coefficient (Wildman–Crippen LogP) is 2.77. The second kappa shape index (κ2) is 12.3. The molecule has 0 aliphatic carbocycles. The maximum Gasteiger partial charge on any atom is 0.416 e. The van der Waals surface area contributed by atoms with Crippen LogP contribution < -0.4 is 14.7 Å². The minimum atomic E-state index is -4.66. The van der Waals surface area contributed by atoms with Gasteiger partial charge in [-0.2, -0.15) is 13.2 Å². The molecule has 0 spiro atoms. The molecule has 0 bridgehead atoms. The number of para-hydroxylation sites is 1. The Kier molecular flexibility index (Phi) is 8.53. The molecule has 14 heteroatoms. The summed E-state index contributed by atoms with van der Waals surface area (Å²) in [7, 11) is 1.49. The molecule has 6 rings (SSSR count). The standard InChI is InChI=1S/C32H37F4N7O3/c1-4-27(44)41-13-12-40-10-8-39(18-23(40)19-41)9-11-42-17-21-15-28(45)43(26-16-22(32(34,35)36)14-20(2)37-26)29(21)31(46)38(3)25-7-5-6-24(33)30(25)42/h4-7,14,16,21,23,29H,1,8-13,15,17-19H2,2-3H3/t21-,23-,29+/m1/s1. The summed E-state index contributed by atoms with van der Waals surface area (Å²) in [6, 6.07) is 5.20. The number of carbonyl (C=O) groups is 3. The van der Waals surface area contributed by atoms with Crippen molar-refractivity contribution in [2.45, 2.75) is 31.6 Å². The number of aromatic nitrogens is 1. The molecular weight excluding hydrogens is 606 g/mol. The van der Waals surface area contributed by atoms with E-state index in [4.69, 9.17) is 0 Å². The summed E-state index contributed by atoms with van der Waals surface area (Å²) in [5, 5.41) is 0. The fraction of sp³-hybridized carbons (Fsp3) is 0.500. The summed E-state index contributed by atoms with van der Waals surface area (Å²) in [6.07, 6.45) is -3.43. The van der Waals surface area contributed by atoms with Crippen LogP contribution >= 0.6 is 0 Å². The van der Waals surface area contributed by atoms with Gasteiger partial charge in [-0.15, -0.1) is 0 Å². The number of hydrogen-bond acceptors (Lipinski definition) is 7. The smallest absolute Gasteiger partial charge is 0.366 e. The zero-order valence-corrected chi connectivity index (χ0v) is 25.8. The number of pyridine rings is 1. The molecule has 1 aromatic heterocycles. The summed E-state index contributed by atoms with van der Waals surface area (Å²) >= 11 is 0. The van der Waals surface area contributed by atoms with E-state index in [2.05, 4.69) is 21.4 Å². The first-order valence-electron chi connectivity index (χ1n) is 15.4. The second-order valence-corrected chi connectivity index (χ2v) is 12.5. The van der Waals surface area contributed by atoms with Gasteiger partial charge in [0.1, 0.15) is 17.7 Å². The maximum atomic E-state index is 15.6. The van der Waals surface area contributed by atoms with Crippen molar-refractivity contribution in [1.82, 2.24) is 19.7 Å². The summed E-state index contributed by atoms with van der Waals surface area (Å²) in [4.78, 5) is 54.6. The Morgan fingerprint density at radius 2 is 1.83 bits per heavy atom. The molecule has 0 N–H and O–H groups in total. The second-order valence-electron chi connectivity index (χ2n) is 12.5. The Labute approximate surface area is 264 Å². The third kappa shape index (κ3) is 5.95. The maximum absolute atomic E-state index is 15.6. The van der Waals surface area contributed by atoms with E-state index < -0.39 is 41.3 Å². The van der Waals surface area contributed by atoms with Crippen LogP contribution in [-0.2, 0) is 20.6 Å². The van der Waals surface area contributed by atoms with Crippen molar-refractivity contribution >= 4 is 34.9 Å². The SMILES string of the molecule is C=CC(=O)N1CCN2CCN(CCN3C[C@H]4CC(=O)N(c5cc(C(F)(F)F)cc(C)n5)[C@@H]4C(=O)N(C)c4cccc(F)c43)C[C@@H]2C1. The van der Waals surface area contributed by atoms with Gasteiger partial charge in [-0.1, -0.05) is 12.6 Å². The van der Waals surface area contributed by atoms with Crippen LogP contribution in [0.15, 0.2) is 43.0 Å².